The summed E-state index contributed by atoms with van der Waals surface area (Å²) < 4.78 is 15.1. The Labute approximate surface area is 417 Å². The van der Waals surface area contributed by atoms with Crippen molar-refractivity contribution in [1.29, 1.82) is 0 Å². The van der Waals surface area contributed by atoms with Crippen molar-refractivity contribution >= 4 is 75.6 Å². The Morgan fingerprint density at radius 1 is 0.535 bits per heavy atom. The van der Waals surface area contributed by atoms with Gasteiger partial charge in [-0.25, -0.2) is 14.4 Å². The molecule has 0 spiro atoms. The maximum Gasteiger partial charge on any atom is 0.407 e. The number of carbonyl (C=O) groups excluding carboxylic acids is 3. The quantitative estimate of drug-likeness (QED) is 0.0126. The topological polar surface area (TPSA) is 451 Å². The van der Waals surface area contributed by atoms with Gasteiger partial charge in [0.2, 0.25) is 0 Å². The highest BCUT2D eigenvalue weighted by Crippen LogP contribution is 2.21. The first kappa shape index (κ1) is 63.1. The van der Waals surface area contributed by atoms with Gasteiger partial charge >= 0.3 is 36.2 Å². The highest BCUT2D eigenvalue weighted by Gasteiger charge is 2.15. The Balaban J connectivity index is 0.00000102. The third-order valence-corrected chi connectivity index (χ3v) is 9.20. The number of hydrogen-bond donors (Lipinski definition) is 9. The van der Waals surface area contributed by atoms with E-state index >= 15 is 0 Å². The van der Waals surface area contributed by atoms with Crippen LogP contribution in [0.15, 0.2) is 88.1 Å². The molecule has 3 rings (SSSR count). The van der Waals surface area contributed by atoms with Crippen molar-refractivity contribution in [3.63, 3.8) is 0 Å². The van der Waals surface area contributed by atoms with Crippen LogP contribution in [0.25, 0.3) is 31.3 Å². The van der Waals surface area contributed by atoms with Gasteiger partial charge in [0.1, 0.15) is 37.9 Å². The molecule has 0 heterocycles. The van der Waals surface area contributed by atoms with Crippen LogP contribution in [0.4, 0.5) is 31.4 Å². The molecule has 0 bridgehead atoms. The van der Waals surface area contributed by atoms with Gasteiger partial charge in [0, 0.05) is 73.8 Å². The number of carboxylic acids is 3. The van der Waals surface area contributed by atoms with E-state index in [2.05, 4.69) is 68.4 Å². The molecule has 384 valence electrons. The minimum absolute atomic E-state index is 0.00901. The smallest absolute Gasteiger partial charge is 0.407 e. The van der Waals surface area contributed by atoms with Gasteiger partial charge in [-0.3, -0.25) is 14.4 Å². The third kappa shape index (κ3) is 30.3. The van der Waals surface area contributed by atoms with Crippen LogP contribution >= 0.6 is 0 Å². The molecule has 0 aliphatic carbocycles. The predicted molar refractivity (Wildman–Crippen MR) is 263 cm³/mol. The lowest BCUT2D eigenvalue weighted by Gasteiger charge is -2.14. The number of aliphatic carboxylic acids is 3. The Hall–Kier alpha value is -7.87. The molecule has 0 unspecified atom stereocenters. The fourth-order valence-electron chi connectivity index (χ4n) is 5.31. The zero-order valence-corrected chi connectivity index (χ0v) is 40.2. The number of amides is 3. The largest absolute Gasteiger partial charge is 0.480 e. The predicted octanol–water partition coefficient (Wildman–Crippen LogP) is 7.16. The van der Waals surface area contributed by atoms with Gasteiger partial charge in [-0.15, -0.1) is 0 Å². The summed E-state index contributed by atoms with van der Waals surface area (Å²) in [5.41, 5.74) is 44.5. The Morgan fingerprint density at radius 2 is 0.859 bits per heavy atom. The number of nitrogens with zero attached hydrogens (tertiary/aromatic N) is 9. The van der Waals surface area contributed by atoms with Crippen molar-refractivity contribution in [3.8, 4) is 0 Å². The monoisotopic (exact) mass is 1030 g/mol. The standard InChI is InChI=1S/C15H21N5O4.C14H19N5O4.C13H17N5O4.S2/c1-10(6-7-12(16)14(21)22)8-18-15(23)24-9-11-4-2-3-5-13(11)19-20-17;15-11(13(20)21)6-3-4-8-17-14(22)23-9-10-5-1-2-7-12(10)18-19-16;14-10(12(19)20)5-3-7-16-13(21)22-8-9-4-1-2-6-11(9)17-18-15;1-2/h2-5,10,12H,6-9,16H2,1H3,(H,18,23)(H,21,22);1-2,5,7,11H,3-4,6,8-9,15H2,(H,17,22)(H,20,21);1-2,4,6,10H,3,5,7-8,14H2,(H,16,21)(H,19,20);/t10-,12-;11-;10-;/m000./s1. The molecule has 0 fully saturated rings. The number of azide groups is 3. The number of benzene rings is 3. The van der Waals surface area contributed by atoms with Crippen molar-refractivity contribution in [1.82, 2.24) is 16.0 Å². The Morgan fingerprint density at radius 3 is 1.23 bits per heavy atom. The number of nitrogens with two attached hydrogens (primary N) is 3. The van der Waals surface area contributed by atoms with Gasteiger partial charge in [0.05, 0.1) is 0 Å². The third-order valence-electron chi connectivity index (χ3n) is 9.20. The second kappa shape index (κ2) is 39.0. The molecule has 0 aliphatic heterocycles. The van der Waals surface area contributed by atoms with E-state index in [0.29, 0.717) is 85.4 Å². The van der Waals surface area contributed by atoms with Crippen LogP contribution in [-0.2, 0) is 70.8 Å². The lowest BCUT2D eigenvalue weighted by molar-refractivity contribution is -0.139. The van der Waals surface area contributed by atoms with Gasteiger partial charge in [-0.2, -0.15) is 0 Å². The molecule has 0 saturated heterocycles. The summed E-state index contributed by atoms with van der Waals surface area (Å²) in [6.45, 7) is 2.80. The van der Waals surface area contributed by atoms with E-state index in [1.165, 1.54) is 0 Å². The van der Waals surface area contributed by atoms with Crippen LogP contribution in [0.2, 0.25) is 0 Å². The lowest BCUT2D eigenvalue weighted by Crippen LogP contribution is -2.32. The van der Waals surface area contributed by atoms with E-state index in [0.717, 1.165) is 0 Å². The number of hydrogen-bond acceptors (Lipinski definition) is 17. The lowest BCUT2D eigenvalue weighted by atomic mass is 10.0. The average Bonchev–Trinajstić information content (AvgIpc) is 3.36. The van der Waals surface area contributed by atoms with Crippen LogP contribution in [0, 0.1) is 5.92 Å². The number of carbonyl (C=O) groups is 6. The second-order valence-corrected chi connectivity index (χ2v) is 14.6. The minimum atomic E-state index is -1.07. The number of alkyl carbamates (subject to hydrolysis) is 3. The fraction of sp³-hybridized carbons (Fsp3) is 0.429. The van der Waals surface area contributed by atoms with Crippen LogP contribution in [-0.4, -0.2) is 89.3 Å². The highest BCUT2D eigenvalue weighted by atomic mass is 32.8. The highest BCUT2D eigenvalue weighted by molar-refractivity contribution is 8.07. The molecule has 3 aromatic rings. The number of carboxylic acid groups (broad SMARTS) is 3. The number of rotatable bonds is 26. The summed E-state index contributed by atoms with van der Waals surface area (Å²) in [5.74, 6) is -3.07. The van der Waals surface area contributed by atoms with Crippen LogP contribution < -0.4 is 33.2 Å². The van der Waals surface area contributed by atoms with E-state index in [4.69, 9.17) is 63.3 Å². The van der Waals surface area contributed by atoms with Crippen LogP contribution in [0.1, 0.15) is 68.6 Å². The van der Waals surface area contributed by atoms with E-state index in [-0.39, 0.29) is 38.7 Å². The SMILES string of the molecule is C[C@@H](CC[C@H](N)C(=O)O)CNC(=O)OCc1ccccc1N=[N+]=[N-].S=S.[N-]=[N+]=Nc1ccccc1COC(=O)NCCCC[C@H](N)C(=O)O.[N-]=[N+]=Nc1ccccc1COC(=O)NCCC[C@H](N)C(=O)O. The molecule has 71 heavy (non-hydrogen) atoms. The fourth-order valence-corrected chi connectivity index (χ4v) is 5.31. The van der Waals surface area contributed by atoms with Crippen molar-refractivity contribution in [2.24, 2.45) is 38.5 Å². The normalized spacial score (nSPS) is 11.4. The second-order valence-electron chi connectivity index (χ2n) is 14.6. The molecule has 27 nitrogen and oxygen atoms in total. The average molecular weight is 1030 g/mol. The molecule has 29 heteroatoms. The minimum Gasteiger partial charge on any atom is -0.480 e. The van der Waals surface area contributed by atoms with E-state index < -0.39 is 54.3 Å². The molecule has 3 amide bonds. The van der Waals surface area contributed by atoms with Crippen molar-refractivity contribution in [2.45, 2.75) is 89.8 Å². The van der Waals surface area contributed by atoms with Gasteiger partial charge in [-0.05, 0) is 84.1 Å². The van der Waals surface area contributed by atoms with Crippen LogP contribution in [0.5, 0.6) is 0 Å². The first-order valence-corrected chi connectivity index (χ1v) is 22.6. The molecule has 0 aliphatic rings. The van der Waals surface area contributed by atoms with Crippen molar-refractivity contribution in [2.75, 3.05) is 19.6 Å². The number of unbranched alkanes of at least 4 members (excludes halogenated alkanes) is 1. The molecule has 0 aromatic heterocycles. The van der Waals surface area contributed by atoms with E-state index in [1.54, 1.807) is 72.8 Å². The molecule has 0 radical (unpaired) electrons. The summed E-state index contributed by atoms with van der Waals surface area (Å²) in [6, 6.07) is 17.6. The Bertz CT molecular complexity index is 2300. The Kier molecular flexibility index (Phi) is 34.7. The number of nitrogens with one attached hydrogen (secondary N) is 3. The molecule has 0 saturated carbocycles. The van der Waals surface area contributed by atoms with Gasteiger partial charge in [0.15, 0.2) is 0 Å². The first-order chi connectivity index (χ1) is 34.0. The molecule has 12 N–H and O–H groups in total. The summed E-state index contributed by atoms with van der Waals surface area (Å²) in [6.07, 6.45) is 1.32. The number of ether oxygens (including phenoxy) is 3. The maximum atomic E-state index is 11.7. The molecular weight excluding hydrogens is 971 g/mol. The van der Waals surface area contributed by atoms with Gasteiger partial charge in [-0.1, -0.05) is 95.1 Å². The van der Waals surface area contributed by atoms with Crippen molar-refractivity contribution < 1.29 is 58.3 Å². The maximum absolute atomic E-state index is 11.7. The van der Waals surface area contributed by atoms with E-state index in [1.807, 2.05) is 6.92 Å². The van der Waals surface area contributed by atoms with Crippen molar-refractivity contribution in [3.05, 3.63) is 121 Å². The zero-order valence-electron chi connectivity index (χ0n) is 38.5. The summed E-state index contributed by atoms with van der Waals surface area (Å²) >= 11 is 7.33. The van der Waals surface area contributed by atoms with Gasteiger partial charge in [0.25, 0.3) is 0 Å². The first-order valence-electron chi connectivity index (χ1n) is 21.2. The zero-order chi connectivity index (χ0) is 53.4. The van der Waals surface area contributed by atoms with Gasteiger partial charge < -0.3 is 62.7 Å². The van der Waals surface area contributed by atoms with E-state index in [9.17, 15) is 28.8 Å². The summed E-state index contributed by atoms with van der Waals surface area (Å²) in [4.78, 5) is 74.5. The summed E-state index contributed by atoms with van der Waals surface area (Å²) in [7, 11) is 0. The molecular formula is C42H57N15O12S2. The molecule has 4 atom stereocenters. The molecule has 3 aromatic carbocycles. The van der Waals surface area contributed by atoms with Crippen LogP contribution in [0.3, 0.4) is 0 Å². The summed E-state index contributed by atoms with van der Waals surface area (Å²) in [5, 5.41) is 44.1.